The topological polar surface area (TPSA) is 62.5 Å². The molecule has 0 saturated carbocycles. The van der Waals surface area contributed by atoms with Crippen molar-refractivity contribution in [3.05, 3.63) is 56.7 Å². The van der Waals surface area contributed by atoms with E-state index in [9.17, 15) is 5.11 Å². The zero-order valence-corrected chi connectivity index (χ0v) is 13.6. The summed E-state index contributed by atoms with van der Waals surface area (Å²) in [5, 5.41) is 18.3. The SMILES string of the molecule is COc1cc(CO)cc(I)c1OCc1ccccc1C#N. The summed E-state index contributed by atoms with van der Waals surface area (Å²) in [5.41, 5.74) is 2.18. The number of nitriles is 1. The molecular formula is C16H14INO3. The van der Waals surface area contributed by atoms with Crippen molar-refractivity contribution in [1.82, 2.24) is 0 Å². The Bertz CT molecular complexity index is 680. The van der Waals surface area contributed by atoms with Gasteiger partial charge >= 0.3 is 0 Å². The van der Waals surface area contributed by atoms with Crippen LogP contribution in [-0.4, -0.2) is 12.2 Å². The van der Waals surface area contributed by atoms with Crippen LogP contribution in [0.25, 0.3) is 0 Å². The molecule has 0 fully saturated rings. The zero-order valence-electron chi connectivity index (χ0n) is 11.5. The third kappa shape index (κ3) is 3.65. The number of benzene rings is 2. The molecule has 0 aliphatic carbocycles. The molecule has 0 aliphatic rings. The molecule has 4 nitrogen and oxygen atoms in total. The second-order valence-electron chi connectivity index (χ2n) is 4.32. The zero-order chi connectivity index (χ0) is 15.2. The van der Waals surface area contributed by atoms with E-state index < -0.39 is 0 Å². The highest BCUT2D eigenvalue weighted by Crippen LogP contribution is 2.34. The molecular weight excluding hydrogens is 381 g/mol. The van der Waals surface area contributed by atoms with E-state index in [1.54, 1.807) is 19.2 Å². The summed E-state index contributed by atoms with van der Waals surface area (Å²) in [6.45, 7) is 0.235. The van der Waals surface area contributed by atoms with Crippen LogP contribution in [0, 0.1) is 14.9 Å². The van der Waals surface area contributed by atoms with Gasteiger partial charge in [0.1, 0.15) is 6.61 Å². The Morgan fingerprint density at radius 1 is 1.29 bits per heavy atom. The van der Waals surface area contributed by atoms with E-state index in [4.69, 9.17) is 14.7 Å². The van der Waals surface area contributed by atoms with Crippen LogP contribution in [0.3, 0.4) is 0 Å². The van der Waals surface area contributed by atoms with Gasteiger partial charge in [-0.15, -0.1) is 0 Å². The minimum atomic E-state index is -0.0517. The van der Waals surface area contributed by atoms with Crippen LogP contribution in [-0.2, 0) is 13.2 Å². The largest absolute Gasteiger partial charge is 0.493 e. The molecule has 2 aromatic carbocycles. The molecule has 0 amide bonds. The summed E-state index contributed by atoms with van der Waals surface area (Å²) in [4.78, 5) is 0. The maximum atomic E-state index is 9.21. The monoisotopic (exact) mass is 395 g/mol. The lowest BCUT2D eigenvalue weighted by Crippen LogP contribution is -2.02. The molecule has 21 heavy (non-hydrogen) atoms. The van der Waals surface area contributed by atoms with Crippen molar-refractivity contribution in [2.24, 2.45) is 0 Å². The minimum absolute atomic E-state index is 0.0517. The molecule has 2 rings (SSSR count). The number of nitrogens with zero attached hydrogens (tertiary/aromatic N) is 1. The summed E-state index contributed by atoms with van der Waals surface area (Å²) >= 11 is 2.14. The highest BCUT2D eigenvalue weighted by Gasteiger charge is 2.12. The normalized spacial score (nSPS) is 10.0. The number of hydrogen-bond acceptors (Lipinski definition) is 4. The summed E-state index contributed by atoms with van der Waals surface area (Å²) in [6, 6.07) is 13.0. The number of hydrogen-bond donors (Lipinski definition) is 1. The van der Waals surface area contributed by atoms with Gasteiger partial charge in [-0.1, -0.05) is 18.2 Å². The summed E-state index contributed by atoms with van der Waals surface area (Å²) in [7, 11) is 1.56. The first kappa shape index (κ1) is 15.6. The lowest BCUT2D eigenvalue weighted by atomic mass is 10.1. The molecule has 0 spiro atoms. The van der Waals surface area contributed by atoms with Crippen molar-refractivity contribution in [3.8, 4) is 17.6 Å². The predicted molar refractivity (Wildman–Crippen MR) is 87.1 cm³/mol. The maximum absolute atomic E-state index is 9.21. The number of aliphatic hydroxyl groups is 1. The van der Waals surface area contributed by atoms with Gasteiger partial charge in [0.2, 0.25) is 0 Å². The molecule has 108 valence electrons. The quantitative estimate of drug-likeness (QED) is 0.790. The lowest BCUT2D eigenvalue weighted by molar-refractivity contribution is 0.272. The average Bonchev–Trinajstić information content (AvgIpc) is 2.53. The van der Waals surface area contributed by atoms with Crippen molar-refractivity contribution < 1.29 is 14.6 Å². The van der Waals surface area contributed by atoms with Crippen LogP contribution >= 0.6 is 22.6 Å². The highest BCUT2D eigenvalue weighted by atomic mass is 127. The Hall–Kier alpha value is -1.78. The van der Waals surface area contributed by atoms with Crippen LogP contribution in [0.2, 0.25) is 0 Å². The molecule has 0 aromatic heterocycles. The molecule has 2 aromatic rings. The highest BCUT2D eigenvalue weighted by molar-refractivity contribution is 14.1. The predicted octanol–water partition coefficient (Wildman–Crippen LogP) is 3.24. The van der Waals surface area contributed by atoms with Gasteiger partial charge in [-0.3, -0.25) is 0 Å². The maximum Gasteiger partial charge on any atom is 0.174 e. The van der Waals surface area contributed by atoms with E-state index in [1.807, 2.05) is 24.3 Å². The van der Waals surface area contributed by atoms with Gasteiger partial charge in [0.05, 0.1) is 28.9 Å². The fraction of sp³-hybridized carbons (Fsp3) is 0.188. The van der Waals surface area contributed by atoms with E-state index >= 15 is 0 Å². The standard InChI is InChI=1S/C16H14INO3/c1-20-15-7-11(9-19)6-14(17)16(15)21-10-13-5-3-2-4-12(13)8-18/h2-7,19H,9-10H2,1H3. The van der Waals surface area contributed by atoms with E-state index in [-0.39, 0.29) is 13.2 Å². The molecule has 5 heteroatoms. The third-order valence-corrected chi connectivity index (χ3v) is 3.78. The van der Waals surface area contributed by atoms with Gasteiger partial charge in [0.15, 0.2) is 11.5 Å². The van der Waals surface area contributed by atoms with Crippen LogP contribution in [0.1, 0.15) is 16.7 Å². The fourth-order valence-electron chi connectivity index (χ4n) is 1.91. The minimum Gasteiger partial charge on any atom is -0.493 e. The number of aliphatic hydroxyl groups excluding tert-OH is 1. The first-order valence-electron chi connectivity index (χ1n) is 6.27. The van der Waals surface area contributed by atoms with Crippen LogP contribution in [0.15, 0.2) is 36.4 Å². The first-order chi connectivity index (χ1) is 10.2. The Balaban J connectivity index is 2.26. The van der Waals surface area contributed by atoms with Crippen molar-refractivity contribution in [1.29, 1.82) is 5.26 Å². The molecule has 0 heterocycles. The Kier molecular flexibility index (Phi) is 5.42. The van der Waals surface area contributed by atoms with Gasteiger partial charge in [-0.2, -0.15) is 5.26 Å². The van der Waals surface area contributed by atoms with E-state index in [2.05, 4.69) is 28.7 Å². The summed E-state index contributed by atoms with van der Waals surface area (Å²) < 4.78 is 12.0. The smallest absolute Gasteiger partial charge is 0.174 e. The van der Waals surface area contributed by atoms with Crippen LogP contribution < -0.4 is 9.47 Å². The average molecular weight is 395 g/mol. The van der Waals surface area contributed by atoms with Gasteiger partial charge in [-0.05, 0) is 46.4 Å². The third-order valence-electron chi connectivity index (χ3n) is 2.98. The Labute approximate surface area is 137 Å². The number of halogens is 1. The molecule has 0 unspecified atom stereocenters. The molecule has 1 N–H and O–H groups in total. The molecule has 0 atom stereocenters. The van der Waals surface area contributed by atoms with Crippen LogP contribution in [0.5, 0.6) is 11.5 Å². The lowest BCUT2D eigenvalue weighted by Gasteiger charge is -2.14. The first-order valence-corrected chi connectivity index (χ1v) is 7.35. The van der Waals surface area contributed by atoms with Crippen molar-refractivity contribution in [3.63, 3.8) is 0 Å². The van der Waals surface area contributed by atoms with Gasteiger partial charge < -0.3 is 14.6 Å². The van der Waals surface area contributed by atoms with Gasteiger partial charge in [-0.25, -0.2) is 0 Å². The summed E-state index contributed by atoms with van der Waals surface area (Å²) in [6.07, 6.45) is 0. The Morgan fingerprint density at radius 3 is 2.71 bits per heavy atom. The molecule has 0 aliphatic heterocycles. The number of ether oxygens (including phenoxy) is 2. The second kappa shape index (κ2) is 7.29. The number of rotatable bonds is 5. The summed E-state index contributed by atoms with van der Waals surface area (Å²) in [5.74, 6) is 1.18. The van der Waals surface area contributed by atoms with E-state index in [1.165, 1.54) is 0 Å². The Morgan fingerprint density at radius 2 is 2.05 bits per heavy atom. The molecule has 0 bridgehead atoms. The van der Waals surface area contributed by atoms with Crippen molar-refractivity contribution >= 4 is 22.6 Å². The fourth-order valence-corrected chi connectivity index (χ4v) is 2.73. The van der Waals surface area contributed by atoms with E-state index in [0.29, 0.717) is 17.1 Å². The second-order valence-corrected chi connectivity index (χ2v) is 5.49. The molecule has 0 radical (unpaired) electrons. The van der Waals surface area contributed by atoms with Crippen molar-refractivity contribution in [2.45, 2.75) is 13.2 Å². The number of methoxy groups -OCH3 is 1. The van der Waals surface area contributed by atoms with Gasteiger partial charge in [0.25, 0.3) is 0 Å². The van der Waals surface area contributed by atoms with Crippen LogP contribution in [0.4, 0.5) is 0 Å². The van der Waals surface area contributed by atoms with Gasteiger partial charge in [0, 0.05) is 5.56 Å². The van der Waals surface area contributed by atoms with Crippen molar-refractivity contribution in [2.75, 3.05) is 7.11 Å². The van der Waals surface area contributed by atoms with E-state index in [0.717, 1.165) is 14.7 Å². The molecule has 0 saturated heterocycles.